The Morgan fingerprint density at radius 2 is 2.06 bits per heavy atom. The molecule has 0 aliphatic carbocycles. The van der Waals surface area contributed by atoms with E-state index in [1.807, 2.05) is 14.0 Å². The van der Waals surface area contributed by atoms with Gasteiger partial charge < -0.3 is 10.3 Å². The van der Waals surface area contributed by atoms with Gasteiger partial charge >= 0.3 is 0 Å². The molecule has 92 valence electrons. The van der Waals surface area contributed by atoms with Crippen LogP contribution in [0, 0.1) is 12.3 Å². The van der Waals surface area contributed by atoms with Crippen LogP contribution in [0.5, 0.6) is 0 Å². The molecule has 2 rings (SSSR count). The molecule has 1 aromatic carbocycles. The number of hydrogen-bond acceptors (Lipinski definition) is 2. The highest BCUT2D eigenvalue weighted by molar-refractivity contribution is 5.76. The third-order valence-corrected chi connectivity index (χ3v) is 3.40. The molecule has 0 amide bonds. The third-order valence-electron chi connectivity index (χ3n) is 3.40. The van der Waals surface area contributed by atoms with E-state index in [0.717, 1.165) is 17.8 Å². The lowest BCUT2D eigenvalue weighted by Gasteiger charge is -2.22. The van der Waals surface area contributed by atoms with Gasteiger partial charge in [0.25, 0.3) is 0 Å². The molecule has 0 aliphatic heterocycles. The summed E-state index contributed by atoms with van der Waals surface area (Å²) in [5, 5.41) is 0. The lowest BCUT2D eigenvalue weighted by molar-refractivity contribution is 0.377. The van der Waals surface area contributed by atoms with Crippen LogP contribution in [0.1, 0.15) is 25.2 Å². The summed E-state index contributed by atoms with van der Waals surface area (Å²) in [7, 11) is 2.05. The number of benzene rings is 1. The SMILES string of the molecule is Cc1nc2cc(CC(C)(C)CN)ccc2n1C. The number of nitrogens with two attached hydrogens (primary N) is 1. The molecule has 0 radical (unpaired) electrons. The fourth-order valence-corrected chi connectivity index (χ4v) is 2.10. The average molecular weight is 231 g/mol. The molecule has 2 N–H and O–H groups in total. The summed E-state index contributed by atoms with van der Waals surface area (Å²) >= 11 is 0. The van der Waals surface area contributed by atoms with Gasteiger partial charge in [0.1, 0.15) is 5.82 Å². The van der Waals surface area contributed by atoms with Crippen LogP contribution in [0.3, 0.4) is 0 Å². The first-order chi connectivity index (χ1) is 7.93. The molecule has 0 spiro atoms. The summed E-state index contributed by atoms with van der Waals surface area (Å²) in [5.41, 5.74) is 9.51. The van der Waals surface area contributed by atoms with Crippen LogP contribution in [-0.4, -0.2) is 16.1 Å². The van der Waals surface area contributed by atoms with Crippen molar-refractivity contribution in [1.29, 1.82) is 0 Å². The zero-order valence-electron chi connectivity index (χ0n) is 11.1. The van der Waals surface area contributed by atoms with Gasteiger partial charge in [0.05, 0.1) is 11.0 Å². The molecular formula is C14H21N3. The lowest BCUT2D eigenvalue weighted by atomic mass is 9.86. The monoisotopic (exact) mass is 231 g/mol. The molecule has 0 aliphatic rings. The minimum absolute atomic E-state index is 0.150. The molecular weight excluding hydrogens is 210 g/mol. The second-order valence-corrected chi connectivity index (χ2v) is 5.59. The summed E-state index contributed by atoms with van der Waals surface area (Å²) in [6.45, 7) is 7.12. The van der Waals surface area contributed by atoms with E-state index in [-0.39, 0.29) is 5.41 Å². The van der Waals surface area contributed by atoms with Crippen molar-refractivity contribution >= 4 is 11.0 Å². The van der Waals surface area contributed by atoms with Crippen LogP contribution in [-0.2, 0) is 13.5 Å². The van der Waals surface area contributed by atoms with E-state index in [4.69, 9.17) is 5.73 Å². The van der Waals surface area contributed by atoms with Crippen molar-refractivity contribution in [2.24, 2.45) is 18.2 Å². The van der Waals surface area contributed by atoms with Crippen molar-refractivity contribution in [2.75, 3.05) is 6.54 Å². The van der Waals surface area contributed by atoms with E-state index in [1.165, 1.54) is 11.1 Å². The first-order valence-electron chi connectivity index (χ1n) is 6.05. The highest BCUT2D eigenvalue weighted by Gasteiger charge is 2.16. The van der Waals surface area contributed by atoms with Gasteiger partial charge in [0, 0.05) is 7.05 Å². The molecule has 0 saturated heterocycles. The number of aromatic nitrogens is 2. The van der Waals surface area contributed by atoms with Crippen molar-refractivity contribution in [3.05, 3.63) is 29.6 Å². The van der Waals surface area contributed by atoms with Crippen LogP contribution < -0.4 is 5.73 Å². The Hall–Kier alpha value is -1.35. The van der Waals surface area contributed by atoms with Crippen molar-refractivity contribution in [3.63, 3.8) is 0 Å². The maximum atomic E-state index is 5.78. The largest absolute Gasteiger partial charge is 0.331 e. The quantitative estimate of drug-likeness (QED) is 0.881. The standard InChI is InChI=1S/C14H21N3/c1-10-16-12-7-11(8-14(2,3)9-15)5-6-13(12)17(10)4/h5-7H,8-9,15H2,1-4H3. The molecule has 1 aromatic heterocycles. The Morgan fingerprint density at radius 3 is 2.71 bits per heavy atom. The molecule has 0 fully saturated rings. The molecule has 0 saturated carbocycles. The van der Waals surface area contributed by atoms with Crippen molar-refractivity contribution in [1.82, 2.24) is 9.55 Å². The van der Waals surface area contributed by atoms with Gasteiger partial charge in [-0.25, -0.2) is 4.98 Å². The highest BCUT2D eigenvalue weighted by atomic mass is 15.0. The summed E-state index contributed by atoms with van der Waals surface area (Å²) < 4.78 is 2.12. The number of imidazole rings is 1. The summed E-state index contributed by atoms with van der Waals surface area (Å²) in [6, 6.07) is 6.51. The lowest BCUT2D eigenvalue weighted by Crippen LogP contribution is -2.25. The Labute approximate surface area is 103 Å². The van der Waals surface area contributed by atoms with E-state index in [0.29, 0.717) is 6.54 Å². The van der Waals surface area contributed by atoms with Gasteiger partial charge in [-0.05, 0) is 43.0 Å². The molecule has 3 nitrogen and oxygen atoms in total. The smallest absolute Gasteiger partial charge is 0.106 e. The second kappa shape index (κ2) is 4.15. The van der Waals surface area contributed by atoms with Gasteiger partial charge in [-0.2, -0.15) is 0 Å². The Bertz CT molecular complexity index is 538. The summed E-state index contributed by atoms with van der Waals surface area (Å²) in [5.74, 6) is 1.05. The van der Waals surface area contributed by atoms with Crippen molar-refractivity contribution < 1.29 is 0 Å². The summed E-state index contributed by atoms with van der Waals surface area (Å²) in [4.78, 5) is 4.56. The van der Waals surface area contributed by atoms with Crippen molar-refractivity contribution in [2.45, 2.75) is 27.2 Å². The molecule has 0 unspecified atom stereocenters. The first kappa shape index (κ1) is 12.1. The maximum Gasteiger partial charge on any atom is 0.106 e. The molecule has 17 heavy (non-hydrogen) atoms. The number of nitrogens with zero attached hydrogens (tertiary/aromatic N) is 2. The van der Waals surface area contributed by atoms with E-state index < -0.39 is 0 Å². The van der Waals surface area contributed by atoms with Crippen LogP contribution in [0.25, 0.3) is 11.0 Å². The number of aryl methyl sites for hydroxylation is 2. The van der Waals surface area contributed by atoms with E-state index in [9.17, 15) is 0 Å². The minimum Gasteiger partial charge on any atom is -0.331 e. The van der Waals surface area contributed by atoms with E-state index in [2.05, 4.69) is 41.6 Å². The van der Waals surface area contributed by atoms with E-state index >= 15 is 0 Å². The first-order valence-corrected chi connectivity index (χ1v) is 6.05. The fourth-order valence-electron chi connectivity index (χ4n) is 2.10. The maximum absolute atomic E-state index is 5.78. The van der Waals surface area contributed by atoms with Crippen LogP contribution in [0.2, 0.25) is 0 Å². The molecule has 2 aromatic rings. The van der Waals surface area contributed by atoms with Gasteiger partial charge in [-0.1, -0.05) is 19.9 Å². The van der Waals surface area contributed by atoms with Crippen molar-refractivity contribution in [3.8, 4) is 0 Å². The Morgan fingerprint density at radius 1 is 1.35 bits per heavy atom. The second-order valence-electron chi connectivity index (χ2n) is 5.59. The molecule has 3 heteroatoms. The predicted octanol–water partition coefficient (Wildman–Crippen LogP) is 2.41. The molecule has 1 heterocycles. The number of hydrogen-bond donors (Lipinski definition) is 1. The fraction of sp³-hybridized carbons (Fsp3) is 0.500. The zero-order chi connectivity index (χ0) is 12.6. The topological polar surface area (TPSA) is 43.8 Å². The number of fused-ring (bicyclic) bond motifs is 1. The molecule has 0 bridgehead atoms. The highest BCUT2D eigenvalue weighted by Crippen LogP contribution is 2.23. The molecule has 0 atom stereocenters. The van der Waals surface area contributed by atoms with Crippen LogP contribution in [0.15, 0.2) is 18.2 Å². The normalized spacial score (nSPS) is 12.3. The van der Waals surface area contributed by atoms with Gasteiger partial charge in [0.15, 0.2) is 0 Å². The summed E-state index contributed by atoms with van der Waals surface area (Å²) in [6.07, 6.45) is 0.995. The van der Waals surface area contributed by atoms with Gasteiger partial charge in [-0.3, -0.25) is 0 Å². The Kier molecular flexibility index (Phi) is 2.96. The van der Waals surface area contributed by atoms with Crippen LogP contribution in [0.4, 0.5) is 0 Å². The van der Waals surface area contributed by atoms with Crippen LogP contribution >= 0.6 is 0 Å². The minimum atomic E-state index is 0.150. The van der Waals surface area contributed by atoms with E-state index in [1.54, 1.807) is 0 Å². The zero-order valence-corrected chi connectivity index (χ0v) is 11.1. The Balaban J connectivity index is 2.39. The average Bonchev–Trinajstić information content (AvgIpc) is 2.54. The predicted molar refractivity (Wildman–Crippen MR) is 72.0 cm³/mol. The van der Waals surface area contributed by atoms with Gasteiger partial charge in [0.2, 0.25) is 0 Å². The van der Waals surface area contributed by atoms with Gasteiger partial charge in [-0.15, -0.1) is 0 Å². The number of rotatable bonds is 3. The third kappa shape index (κ3) is 2.34.